The third-order valence-corrected chi connectivity index (χ3v) is 5.18. The molecule has 0 saturated heterocycles. The zero-order valence-corrected chi connectivity index (χ0v) is 12.8. The molecule has 1 fully saturated rings. The van der Waals surface area contributed by atoms with Gasteiger partial charge in [-0.2, -0.15) is 0 Å². The van der Waals surface area contributed by atoms with Crippen molar-refractivity contribution in [3.8, 4) is 0 Å². The smallest absolute Gasteiger partial charge is 0.0240 e. The van der Waals surface area contributed by atoms with Crippen LogP contribution in [0.3, 0.4) is 0 Å². The molecule has 0 spiro atoms. The lowest BCUT2D eigenvalue weighted by molar-refractivity contribution is 0.128. The van der Waals surface area contributed by atoms with Crippen LogP contribution in [0.25, 0.3) is 0 Å². The Bertz CT molecular complexity index is 408. The van der Waals surface area contributed by atoms with E-state index in [1.807, 2.05) is 0 Å². The largest absolute Gasteiger partial charge is 0.319 e. The van der Waals surface area contributed by atoms with Crippen molar-refractivity contribution in [2.24, 2.45) is 5.41 Å². The van der Waals surface area contributed by atoms with Crippen molar-refractivity contribution in [1.82, 2.24) is 10.2 Å². The van der Waals surface area contributed by atoms with E-state index in [-0.39, 0.29) is 0 Å². The van der Waals surface area contributed by atoms with Gasteiger partial charge in [-0.25, -0.2) is 0 Å². The number of hydrogen-bond acceptors (Lipinski definition) is 2. The van der Waals surface area contributed by atoms with Gasteiger partial charge in [0.2, 0.25) is 0 Å². The van der Waals surface area contributed by atoms with E-state index in [0.717, 1.165) is 13.1 Å². The fraction of sp³-hybridized carbons (Fsp3) is 0.667. The Morgan fingerprint density at radius 1 is 1.00 bits per heavy atom. The molecule has 2 aliphatic rings. The molecule has 0 amide bonds. The van der Waals surface area contributed by atoms with Gasteiger partial charge in [-0.05, 0) is 36.4 Å². The summed E-state index contributed by atoms with van der Waals surface area (Å²) in [5.74, 6) is 0. The standard InChI is InChI=1S/C18H28N2/c1-19-14-18(10-6-2-3-7-11-18)15-20-12-16-8-4-5-9-17(16)13-20/h4-5,8-9,19H,2-3,6-7,10-15H2,1H3. The van der Waals surface area contributed by atoms with Crippen molar-refractivity contribution in [3.63, 3.8) is 0 Å². The summed E-state index contributed by atoms with van der Waals surface area (Å²) in [6.45, 7) is 4.76. The fourth-order valence-corrected chi connectivity index (χ4v) is 4.23. The number of nitrogens with zero attached hydrogens (tertiary/aromatic N) is 1. The first kappa shape index (κ1) is 14.1. The third-order valence-electron chi connectivity index (χ3n) is 5.18. The minimum absolute atomic E-state index is 0.507. The zero-order chi connectivity index (χ0) is 13.8. The highest BCUT2D eigenvalue weighted by Gasteiger charge is 2.33. The summed E-state index contributed by atoms with van der Waals surface area (Å²) in [5.41, 5.74) is 3.59. The summed E-state index contributed by atoms with van der Waals surface area (Å²) >= 11 is 0. The van der Waals surface area contributed by atoms with Gasteiger partial charge in [-0.3, -0.25) is 4.90 Å². The monoisotopic (exact) mass is 272 g/mol. The average Bonchev–Trinajstić information content (AvgIpc) is 2.71. The van der Waals surface area contributed by atoms with Crippen molar-refractivity contribution >= 4 is 0 Å². The second-order valence-electron chi connectivity index (χ2n) is 6.86. The molecule has 0 aromatic heterocycles. The van der Waals surface area contributed by atoms with Crippen LogP contribution in [0.2, 0.25) is 0 Å². The van der Waals surface area contributed by atoms with E-state index in [4.69, 9.17) is 0 Å². The molecule has 0 unspecified atom stereocenters. The van der Waals surface area contributed by atoms with E-state index >= 15 is 0 Å². The van der Waals surface area contributed by atoms with E-state index in [0.29, 0.717) is 5.41 Å². The molecule has 1 saturated carbocycles. The van der Waals surface area contributed by atoms with E-state index in [2.05, 4.69) is 41.5 Å². The van der Waals surface area contributed by atoms with Crippen LogP contribution in [-0.4, -0.2) is 25.0 Å². The summed E-state index contributed by atoms with van der Waals surface area (Å²) < 4.78 is 0. The molecule has 20 heavy (non-hydrogen) atoms. The van der Waals surface area contributed by atoms with Crippen LogP contribution >= 0.6 is 0 Å². The Kier molecular flexibility index (Phi) is 4.42. The molecule has 1 aliphatic heterocycles. The van der Waals surface area contributed by atoms with Gasteiger partial charge >= 0.3 is 0 Å². The summed E-state index contributed by atoms with van der Waals surface area (Å²) in [4.78, 5) is 2.67. The molecule has 1 N–H and O–H groups in total. The zero-order valence-electron chi connectivity index (χ0n) is 12.8. The van der Waals surface area contributed by atoms with Gasteiger partial charge in [-0.1, -0.05) is 49.9 Å². The van der Waals surface area contributed by atoms with Crippen molar-refractivity contribution in [2.75, 3.05) is 20.1 Å². The lowest BCUT2D eigenvalue weighted by Crippen LogP contribution is -2.41. The normalized spacial score (nSPS) is 22.4. The highest BCUT2D eigenvalue weighted by atomic mass is 15.1. The minimum atomic E-state index is 0.507. The molecule has 110 valence electrons. The quantitative estimate of drug-likeness (QED) is 0.843. The third kappa shape index (κ3) is 3.07. The Balaban J connectivity index is 1.68. The first-order valence-corrected chi connectivity index (χ1v) is 8.25. The molecular formula is C18H28N2. The molecule has 0 atom stereocenters. The van der Waals surface area contributed by atoms with Crippen molar-refractivity contribution in [2.45, 2.75) is 51.6 Å². The van der Waals surface area contributed by atoms with Crippen molar-refractivity contribution in [3.05, 3.63) is 35.4 Å². The van der Waals surface area contributed by atoms with Crippen molar-refractivity contribution < 1.29 is 0 Å². The number of fused-ring (bicyclic) bond motifs is 1. The van der Waals surface area contributed by atoms with Gasteiger partial charge in [0.25, 0.3) is 0 Å². The Morgan fingerprint density at radius 3 is 2.15 bits per heavy atom. The van der Waals surface area contributed by atoms with Crippen LogP contribution in [0.5, 0.6) is 0 Å². The van der Waals surface area contributed by atoms with Crippen LogP contribution < -0.4 is 5.32 Å². The summed E-state index contributed by atoms with van der Waals surface area (Å²) in [6.07, 6.45) is 8.52. The second-order valence-corrected chi connectivity index (χ2v) is 6.86. The topological polar surface area (TPSA) is 15.3 Å². The molecule has 2 nitrogen and oxygen atoms in total. The molecule has 1 aromatic rings. The van der Waals surface area contributed by atoms with Crippen LogP contribution in [0, 0.1) is 5.41 Å². The van der Waals surface area contributed by atoms with Gasteiger partial charge in [0, 0.05) is 26.2 Å². The molecule has 0 bridgehead atoms. The number of benzene rings is 1. The maximum Gasteiger partial charge on any atom is 0.0240 e. The van der Waals surface area contributed by atoms with Gasteiger partial charge in [0.05, 0.1) is 0 Å². The summed E-state index contributed by atoms with van der Waals surface area (Å²) in [5, 5.41) is 3.47. The Labute approximate surface area is 123 Å². The SMILES string of the molecule is CNCC1(CN2Cc3ccccc3C2)CCCCCC1. The highest BCUT2D eigenvalue weighted by molar-refractivity contribution is 5.30. The van der Waals surface area contributed by atoms with E-state index in [1.54, 1.807) is 11.1 Å². The Hall–Kier alpha value is -0.860. The van der Waals surface area contributed by atoms with Gasteiger partial charge < -0.3 is 5.32 Å². The molecule has 1 heterocycles. The molecule has 1 aliphatic carbocycles. The molecule has 0 radical (unpaired) electrons. The lowest BCUT2D eigenvalue weighted by Gasteiger charge is -2.36. The first-order valence-electron chi connectivity index (χ1n) is 8.25. The Morgan fingerprint density at radius 2 is 1.60 bits per heavy atom. The molecule has 3 rings (SSSR count). The number of nitrogens with one attached hydrogen (secondary N) is 1. The highest BCUT2D eigenvalue weighted by Crippen LogP contribution is 2.37. The van der Waals surface area contributed by atoms with Crippen LogP contribution in [0.15, 0.2) is 24.3 Å². The number of rotatable bonds is 4. The van der Waals surface area contributed by atoms with Gasteiger partial charge in [-0.15, -0.1) is 0 Å². The van der Waals surface area contributed by atoms with E-state index in [9.17, 15) is 0 Å². The predicted octanol–water partition coefficient (Wildman–Crippen LogP) is 3.56. The van der Waals surface area contributed by atoms with Gasteiger partial charge in [0.15, 0.2) is 0 Å². The minimum Gasteiger partial charge on any atom is -0.319 e. The van der Waals surface area contributed by atoms with Crippen LogP contribution in [0.4, 0.5) is 0 Å². The molecular weight excluding hydrogens is 244 g/mol. The van der Waals surface area contributed by atoms with Crippen LogP contribution in [0.1, 0.15) is 49.7 Å². The second kappa shape index (κ2) is 6.28. The van der Waals surface area contributed by atoms with E-state index < -0.39 is 0 Å². The van der Waals surface area contributed by atoms with E-state index in [1.165, 1.54) is 51.6 Å². The predicted molar refractivity (Wildman–Crippen MR) is 84.6 cm³/mol. The summed E-state index contributed by atoms with van der Waals surface area (Å²) in [6, 6.07) is 8.95. The van der Waals surface area contributed by atoms with Crippen molar-refractivity contribution in [1.29, 1.82) is 0 Å². The molecule has 2 heteroatoms. The lowest BCUT2D eigenvalue weighted by atomic mass is 9.79. The fourth-order valence-electron chi connectivity index (χ4n) is 4.23. The number of hydrogen-bond donors (Lipinski definition) is 1. The maximum absolute atomic E-state index is 3.47. The van der Waals surface area contributed by atoms with Gasteiger partial charge in [0.1, 0.15) is 0 Å². The van der Waals surface area contributed by atoms with Crippen LogP contribution in [-0.2, 0) is 13.1 Å². The maximum atomic E-state index is 3.47. The molecule has 1 aromatic carbocycles. The summed E-state index contributed by atoms with van der Waals surface area (Å²) in [7, 11) is 2.12. The first-order chi connectivity index (χ1) is 9.81. The average molecular weight is 272 g/mol.